The Bertz CT molecular complexity index is 821. The van der Waals surface area contributed by atoms with Crippen molar-refractivity contribution in [3.05, 3.63) is 72.8 Å². The highest BCUT2D eigenvalue weighted by Crippen LogP contribution is 2.34. The van der Waals surface area contributed by atoms with Gasteiger partial charge in [-0.15, -0.1) is 0 Å². The van der Waals surface area contributed by atoms with E-state index in [2.05, 4.69) is 72.8 Å². The van der Waals surface area contributed by atoms with Crippen molar-refractivity contribution < 1.29 is 0 Å². The summed E-state index contributed by atoms with van der Waals surface area (Å²) in [5, 5.41) is 5.25. The van der Waals surface area contributed by atoms with E-state index in [0.717, 1.165) is 0 Å². The molecule has 0 unspecified atom stereocenters. The Balaban J connectivity index is 2.20. The SMILES string of the molecule is c1ccc2cc3cc4ccccc4c-3ccc2c1. The van der Waals surface area contributed by atoms with Crippen LogP contribution in [0, 0.1) is 0 Å². The molecule has 0 heteroatoms. The summed E-state index contributed by atoms with van der Waals surface area (Å²) in [4.78, 5) is 0. The molecule has 0 atom stereocenters. The van der Waals surface area contributed by atoms with Gasteiger partial charge in [0.2, 0.25) is 0 Å². The zero-order chi connectivity index (χ0) is 11.9. The van der Waals surface area contributed by atoms with Gasteiger partial charge in [0.25, 0.3) is 0 Å². The van der Waals surface area contributed by atoms with Gasteiger partial charge in [0.1, 0.15) is 0 Å². The number of hydrogen-bond donors (Lipinski definition) is 0. The van der Waals surface area contributed by atoms with Crippen LogP contribution in [0.15, 0.2) is 72.8 Å². The molecule has 0 spiro atoms. The van der Waals surface area contributed by atoms with Crippen LogP contribution in [0.2, 0.25) is 0 Å². The average molecular weight is 228 g/mol. The van der Waals surface area contributed by atoms with Gasteiger partial charge in [-0.1, -0.05) is 60.7 Å². The molecule has 0 saturated heterocycles. The summed E-state index contributed by atoms with van der Waals surface area (Å²) in [6.45, 7) is 0. The minimum absolute atomic E-state index is 1.29. The van der Waals surface area contributed by atoms with Crippen molar-refractivity contribution in [1.29, 1.82) is 0 Å². The van der Waals surface area contributed by atoms with Gasteiger partial charge >= 0.3 is 0 Å². The van der Waals surface area contributed by atoms with Gasteiger partial charge in [-0.3, -0.25) is 0 Å². The maximum absolute atomic E-state index is 2.28. The third-order valence-corrected chi connectivity index (χ3v) is 3.61. The second-order valence-electron chi connectivity index (χ2n) is 4.71. The Morgan fingerprint density at radius 2 is 1.17 bits per heavy atom. The highest BCUT2D eigenvalue weighted by molar-refractivity contribution is 6.04. The Morgan fingerprint density at radius 3 is 2.06 bits per heavy atom. The smallest absolute Gasteiger partial charge is 0.0105 e. The highest BCUT2D eigenvalue weighted by Gasteiger charge is 2.08. The fourth-order valence-corrected chi connectivity index (χ4v) is 2.71. The molecule has 0 heterocycles. The van der Waals surface area contributed by atoms with Crippen molar-refractivity contribution in [2.75, 3.05) is 0 Å². The lowest BCUT2D eigenvalue weighted by molar-refractivity contribution is 1.81. The molecule has 2 aromatic carbocycles. The fourth-order valence-electron chi connectivity index (χ4n) is 2.71. The third-order valence-electron chi connectivity index (χ3n) is 3.61. The second-order valence-corrected chi connectivity index (χ2v) is 4.71. The lowest BCUT2D eigenvalue weighted by Gasteiger charge is -1.92. The van der Waals surface area contributed by atoms with Crippen molar-refractivity contribution >= 4 is 21.5 Å². The first-order valence-electron chi connectivity index (χ1n) is 6.22. The lowest BCUT2D eigenvalue weighted by atomic mass is 10.1. The van der Waals surface area contributed by atoms with Crippen molar-refractivity contribution in [3.63, 3.8) is 0 Å². The van der Waals surface area contributed by atoms with E-state index in [1.165, 1.54) is 32.7 Å². The van der Waals surface area contributed by atoms with E-state index in [9.17, 15) is 0 Å². The summed E-state index contributed by atoms with van der Waals surface area (Å²) in [5.41, 5.74) is 2.65. The van der Waals surface area contributed by atoms with E-state index in [1.807, 2.05) is 0 Å². The Hall–Kier alpha value is -2.34. The maximum Gasteiger partial charge on any atom is -0.0105 e. The molecule has 2 aliphatic rings. The molecule has 0 fully saturated rings. The van der Waals surface area contributed by atoms with E-state index in [-0.39, 0.29) is 0 Å². The van der Waals surface area contributed by atoms with Crippen molar-refractivity contribution in [2.45, 2.75) is 0 Å². The van der Waals surface area contributed by atoms with Crippen LogP contribution in [-0.2, 0) is 0 Å². The normalized spacial score (nSPS) is 11.3. The first-order chi connectivity index (χ1) is 8.92. The van der Waals surface area contributed by atoms with E-state index < -0.39 is 0 Å². The van der Waals surface area contributed by atoms with Gasteiger partial charge in [0.05, 0.1) is 0 Å². The molecule has 0 bridgehead atoms. The van der Waals surface area contributed by atoms with Crippen LogP contribution in [0.4, 0.5) is 0 Å². The number of benzene rings is 2. The largest absolute Gasteiger partial charge is 0.0616 e. The predicted molar refractivity (Wildman–Crippen MR) is 78.1 cm³/mol. The Morgan fingerprint density at radius 1 is 0.500 bits per heavy atom. The number of hydrogen-bond acceptors (Lipinski definition) is 0. The van der Waals surface area contributed by atoms with Crippen LogP contribution in [0.3, 0.4) is 0 Å². The first-order valence-corrected chi connectivity index (χ1v) is 6.22. The summed E-state index contributed by atoms with van der Waals surface area (Å²) in [6.07, 6.45) is 0. The molecule has 0 nitrogen and oxygen atoms in total. The highest BCUT2D eigenvalue weighted by atomic mass is 14.1. The van der Waals surface area contributed by atoms with E-state index >= 15 is 0 Å². The summed E-state index contributed by atoms with van der Waals surface area (Å²) < 4.78 is 0. The van der Waals surface area contributed by atoms with E-state index in [1.54, 1.807) is 0 Å². The second kappa shape index (κ2) is 3.58. The summed E-state index contributed by atoms with van der Waals surface area (Å²) in [5.74, 6) is 0. The molecule has 0 radical (unpaired) electrons. The molecule has 2 aliphatic carbocycles. The molecular formula is C18H12. The van der Waals surface area contributed by atoms with Gasteiger partial charge < -0.3 is 0 Å². The first kappa shape index (κ1) is 9.67. The van der Waals surface area contributed by atoms with Crippen molar-refractivity contribution in [2.24, 2.45) is 0 Å². The minimum atomic E-state index is 1.29. The van der Waals surface area contributed by atoms with Gasteiger partial charge in [0, 0.05) is 0 Å². The average Bonchev–Trinajstić information content (AvgIpc) is 2.65. The van der Waals surface area contributed by atoms with Gasteiger partial charge in [-0.2, -0.15) is 0 Å². The van der Waals surface area contributed by atoms with Gasteiger partial charge in [0.15, 0.2) is 0 Å². The summed E-state index contributed by atoms with van der Waals surface area (Å²) >= 11 is 0. The van der Waals surface area contributed by atoms with Crippen LogP contribution in [0.25, 0.3) is 32.7 Å². The summed E-state index contributed by atoms with van der Waals surface area (Å²) in [6, 6.07) is 26.1. The lowest BCUT2D eigenvalue weighted by Crippen LogP contribution is -1.66. The van der Waals surface area contributed by atoms with Crippen LogP contribution < -0.4 is 0 Å². The summed E-state index contributed by atoms with van der Waals surface area (Å²) in [7, 11) is 0. The zero-order valence-electron chi connectivity index (χ0n) is 9.93. The molecule has 0 N–H and O–H groups in total. The standard InChI is InChI=1S/C18H12/c1-2-6-14-11-16-12-15-7-3-4-8-17(15)18(16)10-9-13(14)5-1/h1-12H. The number of rotatable bonds is 0. The van der Waals surface area contributed by atoms with Gasteiger partial charge in [-0.05, 0) is 44.8 Å². The monoisotopic (exact) mass is 228 g/mol. The Labute approximate surface area is 106 Å². The van der Waals surface area contributed by atoms with Crippen molar-refractivity contribution in [1.82, 2.24) is 0 Å². The predicted octanol–water partition coefficient (Wildman–Crippen LogP) is 5.10. The molecule has 84 valence electrons. The molecule has 4 rings (SSSR count). The third kappa shape index (κ3) is 1.32. The van der Waals surface area contributed by atoms with Crippen molar-refractivity contribution in [3.8, 4) is 11.1 Å². The Kier molecular flexibility index (Phi) is 1.92. The minimum Gasteiger partial charge on any atom is -0.0616 e. The molecule has 2 aromatic rings. The van der Waals surface area contributed by atoms with Gasteiger partial charge in [-0.25, -0.2) is 0 Å². The molecule has 0 aromatic heterocycles. The van der Waals surface area contributed by atoms with Crippen LogP contribution >= 0.6 is 0 Å². The maximum atomic E-state index is 2.28. The zero-order valence-corrected chi connectivity index (χ0v) is 9.93. The molecule has 0 saturated carbocycles. The molecule has 0 amide bonds. The quantitative estimate of drug-likeness (QED) is 0.393. The van der Waals surface area contributed by atoms with Crippen LogP contribution in [-0.4, -0.2) is 0 Å². The fraction of sp³-hybridized carbons (Fsp3) is 0. The topological polar surface area (TPSA) is 0 Å². The van der Waals surface area contributed by atoms with E-state index in [4.69, 9.17) is 0 Å². The van der Waals surface area contributed by atoms with Crippen LogP contribution in [0.5, 0.6) is 0 Å². The molecule has 18 heavy (non-hydrogen) atoms. The molecular weight excluding hydrogens is 216 g/mol. The van der Waals surface area contributed by atoms with Crippen LogP contribution in [0.1, 0.15) is 0 Å². The molecule has 0 aliphatic heterocycles. The van der Waals surface area contributed by atoms with E-state index in [0.29, 0.717) is 0 Å². The number of fused-ring (bicyclic) bond motifs is 4.